The highest BCUT2D eigenvalue weighted by atomic mass is 16.5. The summed E-state index contributed by atoms with van der Waals surface area (Å²) in [5.74, 6) is 0.152. The van der Waals surface area contributed by atoms with Crippen LogP contribution >= 0.6 is 0 Å². The van der Waals surface area contributed by atoms with E-state index in [-0.39, 0.29) is 0 Å². The van der Waals surface area contributed by atoms with Gasteiger partial charge in [0.05, 0.1) is 19.3 Å². The second kappa shape index (κ2) is 5.38. The van der Waals surface area contributed by atoms with Gasteiger partial charge < -0.3 is 15.8 Å². The van der Waals surface area contributed by atoms with E-state index in [0.29, 0.717) is 23.5 Å². The number of aryl methyl sites for hydroxylation is 1. The van der Waals surface area contributed by atoms with Gasteiger partial charge >= 0.3 is 0 Å². The topological polar surface area (TPSA) is 95.1 Å². The fraction of sp³-hybridized carbons (Fsp3) is 0.250. The Balaban J connectivity index is 2.17. The molecular weight excluding hydrogens is 246 g/mol. The summed E-state index contributed by atoms with van der Waals surface area (Å²) in [5.41, 5.74) is 7.14. The van der Waals surface area contributed by atoms with Crippen molar-refractivity contribution in [3.8, 4) is 5.75 Å². The van der Waals surface area contributed by atoms with E-state index in [1.807, 2.05) is 0 Å². The van der Waals surface area contributed by atoms with E-state index in [1.54, 1.807) is 43.2 Å². The molecule has 1 aromatic carbocycles. The molecule has 7 nitrogen and oxygen atoms in total. The quantitative estimate of drug-likeness (QED) is 0.818. The molecule has 1 heterocycles. The zero-order valence-corrected chi connectivity index (χ0v) is 10.8. The highest BCUT2D eigenvalue weighted by Crippen LogP contribution is 2.25. The maximum Gasteiger partial charge on any atom is 0.248 e. The minimum absolute atomic E-state index is 0.419. The van der Waals surface area contributed by atoms with Crippen LogP contribution in [-0.2, 0) is 13.6 Å². The monoisotopic (exact) mass is 261 g/mol. The molecule has 0 unspecified atom stereocenters. The summed E-state index contributed by atoms with van der Waals surface area (Å²) in [6.07, 6.45) is 1.80. The molecule has 0 saturated carbocycles. The van der Waals surface area contributed by atoms with Gasteiger partial charge in [-0.15, -0.1) is 5.10 Å². The Kier molecular flexibility index (Phi) is 3.65. The molecule has 0 bridgehead atoms. The number of rotatable bonds is 5. The predicted octanol–water partition coefficient (Wildman–Crippen LogP) is 0.535. The number of nitrogens with one attached hydrogen (secondary N) is 1. The smallest absolute Gasteiger partial charge is 0.248 e. The molecule has 0 spiro atoms. The Bertz CT molecular complexity index is 594. The molecule has 0 radical (unpaired) electrons. The normalized spacial score (nSPS) is 10.2. The van der Waals surface area contributed by atoms with Crippen LogP contribution in [0.4, 0.5) is 5.69 Å². The van der Waals surface area contributed by atoms with E-state index in [4.69, 9.17) is 10.5 Å². The van der Waals surface area contributed by atoms with Crippen molar-refractivity contribution in [2.75, 3.05) is 12.4 Å². The number of primary amides is 1. The number of nitrogens with zero attached hydrogens (tertiary/aromatic N) is 3. The first-order valence-electron chi connectivity index (χ1n) is 5.67. The summed E-state index contributed by atoms with van der Waals surface area (Å²) in [6, 6.07) is 4.96. The molecule has 7 heteroatoms. The Labute approximate surface area is 110 Å². The van der Waals surface area contributed by atoms with Gasteiger partial charge in [0.2, 0.25) is 5.91 Å². The number of benzene rings is 1. The molecule has 1 amide bonds. The van der Waals surface area contributed by atoms with Crippen molar-refractivity contribution in [3.05, 3.63) is 35.7 Å². The van der Waals surface area contributed by atoms with Gasteiger partial charge in [0, 0.05) is 18.8 Å². The number of aromatic nitrogens is 3. The van der Waals surface area contributed by atoms with E-state index in [9.17, 15) is 4.79 Å². The summed E-state index contributed by atoms with van der Waals surface area (Å²) < 4.78 is 6.84. The number of amides is 1. The lowest BCUT2D eigenvalue weighted by Gasteiger charge is -2.11. The Morgan fingerprint density at radius 1 is 1.53 bits per heavy atom. The molecule has 0 saturated heterocycles. The maximum absolute atomic E-state index is 11.2. The van der Waals surface area contributed by atoms with Crippen LogP contribution < -0.4 is 15.8 Å². The van der Waals surface area contributed by atoms with Crippen LogP contribution in [0.1, 0.15) is 16.1 Å². The average Bonchev–Trinajstić information content (AvgIpc) is 2.81. The zero-order chi connectivity index (χ0) is 13.8. The SMILES string of the molecule is COc1ccc(C(N)=O)cc1NCc1cn(C)nn1. The number of hydrogen-bond donors (Lipinski definition) is 2. The van der Waals surface area contributed by atoms with Crippen LogP contribution in [0.5, 0.6) is 5.75 Å². The summed E-state index contributed by atoms with van der Waals surface area (Å²) in [7, 11) is 3.36. The number of carbonyl (C=O) groups excluding carboxylic acids is 1. The molecule has 1 aromatic heterocycles. The first kappa shape index (κ1) is 12.9. The molecule has 0 fully saturated rings. The molecule has 0 aliphatic heterocycles. The molecule has 19 heavy (non-hydrogen) atoms. The van der Waals surface area contributed by atoms with Gasteiger partial charge in [-0.05, 0) is 18.2 Å². The first-order chi connectivity index (χ1) is 9.10. The van der Waals surface area contributed by atoms with Crippen molar-refractivity contribution in [3.63, 3.8) is 0 Å². The van der Waals surface area contributed by atoms with E-state index in [1.165, 1.54) is 0 Å². The maximum atomic E-state index is 11.2. The standard InChI is InChI=1S/C12H15N5O2/c1-17-7-9(15-16-17)6-14-10-5-8(12(13)18)3-4-11(10)19-2/h3-5,7,14H,6H2,1-2H3,(H2,13,18). The number of nitrogens with two attached hydrogens (primary N) is 1. The van der Waals surface area contributed by atoms with Gasteiger partial charge in [-0.1, -0.05) is 5.21 Å². The predicted molar refractivity (Wildman–Crippen MR) is 69.8 cm³/mol. The van der Waals surface area contributed by atoms with Crippen LogP contribution in [-0.4, -0.2) is 28.0 Å². The third-order valence-electron chi connectivity index (χ3n) is 2.59. The van der Waals surface area contributed by atoms with Crippen molar-refractivity contribution in [2.45, 2.75) is 6.54 Å². The van der Waals surface area contributed by atoms with Crippen LogP contribution in [0.15, 0.2) is 24.4 Å². The fourth-order valence-electron chi connectivity index (χ4n) is 1.66. The minimum atomic E-state index is -0.481. The van der Waals surface area contributed by atoms with E-state index in [0.717, 1.165) is 5.69 Å². The van der Waals surface area contributed by atoms with Gasteiger partial charge in [-0.25, -0.2) is 0 Å². The molecule has 0 aliphatic rings. The fourth-order valence-corrected chi connectivity index (χ4v) is 1.66. The van der Waals surface area contributed by atoms with Gasteiger partial charge in [-0.2, -0.15) is 0 Å². The zero-order valence-electron chi connectivity index (χ0n) is 10.8. The molecule has 100 valence electrons. The third kappa shape index (κ3) is 3.01. The number of methoxy groups -OCH3 is 1. The number of anilines is 1. The summed E-state index contributed by atoms with van der Waals surface area (Å²) in [4.78, 5) is 11.2. The molecular formula is C12H15N5O2. The third-order valence-corrected chi connectivity index (χ3v) is 2.59. The van der Waals surface area contributed by atoms with Gasteiger partial charge in [-0.3, -0.25) is 9.48 Å². The van der Waals surface area contributed by atoms with Crippen molar-refractivity contribution in [2.24, 2.45) is 12.8 Å². The molecule has 0 aliphatic carbocycles. The van der Waals surface area contributed by atoms with Crippen molar-refractivity contribution in [1.82, 2.24) is 15.0 Å². The van der Waals surface area contributed by atoms with Crippen molar-refractivity contribution >= 4 is 11.6 Å². The lowest BCUT2D eigenvalue weighted by atomic mass is 10.1. The average molecular weight is 261 g/mol. The van der Waals surface area contributed by atoms with Crippen LogP contribution in [0.3, 0.4) is 0 Å². The number of ether oxygens (including phenoxy) is 1. The molecule has 2 rings (SSSR count). The van der Waals surface area contributed by atoms with E-state index >= 15 is 0 Å². The molecule has 0 atom stereocenters. The molecule has 3 N–H and O–H groups in total. The number of carbonyl (C=O) groups is 1. The van der Waals surface area contributed by atoms with Gasteiger partial charge in [0.1, 0.15) is 11.4 Å². The number of hydrogen-bond acceptors (Lipinski definition) is 5. The Morgan fingerprint density at radius 2 is 2.32 bits per heavy atom. The van der Waals surface area contributed by atoms with Gasteiger partial charge in [0.15, 0.2) is 0 Å². The summed E-state index contributed by atoms with van der Waals surface area (Å²) in [6.45, 7) is 0.479. The lowest BCUT2D eigenvalue weighted by molar-refractivity contribution is 0.100. The van der Waals surface area contributed by atoms with E-state index in [2.05, 4.69) is 15.6 Å². The first-order valence-corrected chi connectivity index (χ1v) is 5.67. The van der Waals surface area contributed by atoms with Crippen LogP contribution in [0, 0.1) is 0 Å². The highest BCUT2D eigenvalue weighted by molar-refractivity contribution is 5.94. The molecule has 2 aromatic rings. The Hall–Kier alpha value is -2.57. The largest absolute Gasteiger partial charge is 0.495 e. The van der Waals surface area contributed by atoms with E-state index < -0.39 is 5.91 Å². The summed E-state index contributed by atoms with van der Waals surface area (Å²) >= 11 is 0. The van der Waals surface area contributed by atoms with Crippen LogP contribution in [0.25, 0.3) is 0 Å². The second-order valence-electron chi connectivity index (χ2n) is 4.02. The lowest BCUT2D eigenvalue weighted by Crippen LogP contribution is -2.12. The second-order valence-corrected chi connectivity index (χ2v) is 4.02. The highest BCUT2D eigenvalue weighted by Gasteiger charge is 2.08. The summed E-state index contributed by atoms with van der Waals surface area (Å²) in [5, 5.41) is 10.9. The Morgan fingerprint density at radius 3 is 2.89 bits per heavy atom. The van der Waals surface area contributed by atoms with Crippen molar-refractivity contribution < 1.29 is 9.53 Å². The van der Waals surface area contributed by atoms with Gasteiger partial charge in [0.25, 0.3) is 0 Å². The van der Waals surface area contributed by atoms with Crippen LogP contribution in [0.2, 0.25) is 0 Å². The van der Waals surface area contributed by atoms with Crippen molar-refractivity contribution in [1.29, 1.82) is 0 Å². The minimum Gasteiger partial charge on any atom is -0.495 e.